The molecule has 0 aliphatic carbocycles. The molecule has 1 atom stereocenters. The van der Waals surface area contributed by atoms with Crippen LogP contribution in [-0.4, -0.2) is 73.5 Å². The number of likely N-dealkylation sites (tertiary alicyclic amines) is 1. The molecule has 4 heterocycles. The number of hydrogen-bond acceptors (Lipinski definition) is 9. The predicted octanol–water partition coefficient (Wildman–Crippen LogP) is 3.79. The predicted molar refractivity (Wildman–Crippen MR) is 130 cm³/mol. The maximum absolute atomic E-state index is 13.6. The molecule has 12 heteroatoms. The Bertz CT molecular complexity index is 1270. The number of pyridine rings is 1. The maximum Gasteiger partial charge on any atom is 0.410 e. The van der Waals surface area contributed by atoms with Gasteiger partial charge in [-0.3, -0.25) is 9.78 Å². The van der Waals surface area contributed by atoms with Gasteiger partial charge in [0.25, 0.3) is 5.91 Å². The molecular weight excluding hydrogens is 473 g/mol. The summed E-state index contributed by atoms with van der Waals surface area (Å²) >= 11 is 1.35. The average molecular weight is 502 g/mol. The second-order valence-corrected chi connectivity index (χ2v) is 10.7. The molecule has 0 saturated carbocycles. The highest BCUT2D eigenvalue weighted by Crippen LogP contribution is 2.28. The number of carbonyl (C=O) groups is 2. The molecule has 0 bridgehead atoms. The molecule has 3 aromatic rings. The summed E-state index contributed by atoms with van der Waals surface area (Å²) in [6.07, 6.45) is 2.26. The van der Waals surface area contributed by atoms with Gasteiger partial charge in [0.15, 0.2) is 11.3 Å². The van der Waals surface area contributed by atoms with Crippen LogP contribution in [0.5, 0.6) is 0 Å². The van der Waals surface area contributed by atoms with E-state index >= 15 is 0 Å². The highest BCUT2D eigenvalue weighted by molar-refractivity contribution is 7.18. The number of fused-ring (bicyclic) bond motifs is 1. The molecule has 0 aromatic carbocycles. The molecule has 1 fully saturated rings. The largest absolute Gasteiger partial charge is 0.444 e. The third-order valence-corrected chi connectivity index (χ3v) is 6.48. The number of carbonyl (C=O) groups excluding carboxylic acids is 2. The molecule has 1 unspecified atom stereocenters. The fourth-order valence-corrected chi connectivity index (χ4v) is 4.42. The van der Waals surface area contributed by atoms with Crippen LogP contribution >= 0.6 is 11.3 Å². The SMILES string of the molecule is Cc1nc2nc(NC(C)c3cncc(F)c3)nc(C(=O)N3CC(N(C)C(=O)OC(C)(C)C)C3)c2s1. The first-order valence-electron chi connectivity index (χ1n) is 11.2. The van der Waals surface area contributed by atoms with Crippen LogP contribution in [0.3, 0.4) is 0 Å². The van der Waals surface area contributed by atoms with Crippen LogP contribution in [0.1, 0.15) is 54.8 Å². The molecule has 1 N–H and O–H groups in total. The summed E-state index contributed by atoms with van der Waals surface area (Å²) in [7, 11) is 1.67. The van der Waals surface area contributed by atoms with Crippen LogP contribution in [0, 0.1) is 12.7 Å². The molecule has 1 aliphatic heterocycles. The Hall–Kier alpha value is -3.41. The Labute approximate surface area is 206 Å². The van der Waals surface area contributed by atoms with Crippen molar-refractivity contribution in [3.63, 3.8) is 0 Å². The van der Waals surface area contributed by atoms with Gasteiger partial charge in [0, 0.05) is 26.3 Å². The van der Waals surface area contributed by atoms with Crippen LogP contribution in [0.25, 0.3) is 10.3 Å². The van der Waals surface area contributed by atoms with Crippen molar-refractivity contribution < 1.29 is 18.7 Å². The van der Waals surface area contributed by atoms with Crippen molar-refractivity contribution in [3.8, 4) is 0 Å². The molecule has 10 nitrogen and oxygen atoms in total. The van der Waals surface area contributed by atoms with Crippen molar-refractivity contribution >= 4 is 39.6 Å². The van der Waals surface area contributed by atoms with E-state index in [4.69, 9.17) is 4.74 Å². The van der Waals surface area contributed by atoms with E-state index in [2.05, 4.69) is 25.3 Å². The van der Waals surface area contributed by atoms with Crippen molar-refractivity contribution in [2.75, 3.05) is 25.5 Å². The number of ether oxygens (including phenoxy) is 1. The topological polar surface area (TPSA) is 113 Å². The molecule has 0 radical (unpaired) electrons. The van der Waals surface area contributed by atoms with Gasteiger partial charge in [-0.2, -0.15) is 4.98 Å². The van der Waals surface area contributed by atoms with Crippen molar-refractivity contribution in [1.82, 2.24) is 29.7 Å². The number of amides is 2. The van der Waals surface area contributed by atoms with E-state index in [0.29, 0.717) is 29.0 Å². The summed E-state index contributed by atoms with van der Waals surface area (Å²) in [5.41, 5.74) is 0.683. The number of thiazole rings is 1. The number of likely N-dealkylation sites (N-methyl/N-ethyl adjacent to an activating group) is 1. The molecule has 2 amide bonds. The zero-order valence-electron chi connectivity index (χ0n) is 20.5. The highest BCUT2D eigenvalue weighted by atomic mass is 32.1. The molecule has 186 valence electrons. The van der Waals surface area contributed by atoms with Gasteiger partial charge in [0.2, 0.25) is 5.95 Å². The second kappa shape index (κ2) is 9.33. The lowest BCUT2D eigenvalue weighted by Gasteiger charge is -2.43. The number of hydrogen-bond donors (Lipinski definition) is 1. The van der Waals surface area contributed by atoms with Gasteiger partial charge in [-0.1, -0.05) is 0 Å². The van der Waals surface area contributed by atoms with Crippen molar-refractivity contribution in [2.45, 2.75) is 52.3 Å². The highest BCUT2D eigenvalue weighted by Gasteiger charge is 2.38. The summed E-state index contributed by atoms with van der Waals surface area (Å²) in [4.78, 5) is 46.1. The Morgan fingerprint density at radius 3 is 2.63 bits per heavy atom. The molecule has 1 saturated heterocycles. The Kier molecular flexibility index (Phi) is 6.58. The van der Waals surface area contributed by atoms with E-state index in [1.165, 1.54) is 22.3 Å². The number of nitrogens with zero attached hydrogens (tertiary/aromatic N) is 6. The second-order valence-electron chi connectivity index (χ2n) is 9.54. The minimum Gasteiger partial charge on any atom is -0.444 e. The fraction of sp³-hybridized carbons (Fsp3) is 0.478. The first kappa shape index (κ1) is 24.7. The third-order valence-electron chi connectivity index (χ3n) is 5.51. The normalized spacial score (nSPS) is 15.0. The molecular formula is C23H28FN7O3S. The number of aromatic nitrogens is 4. The van der Waals surface area contributed by atoms with Crippen LogP contribution in [0.15, 0.2) is 18.5 Å². The fourth-order valence-electron chi connectivity index (χ4n) is 3.58. The van der Waals surface area contributed by atoms with E-state index in [9.17, 15) is 14.0 Å². The zero-order valence-corrected chi connectivity index (χ0v) is 21.3. The number of halogens is 1. The number of aryl methyl sites for hydroxylation is 1. The smallest absolute Gasteiger partial charge is 0.410 e. The van der Waals surface area contributed by atoms with Crippen LogP contribution in [-0.2, 0) is 4.74 Å². The summed E-state index contributed by atoms with van der Waals surface area (Å²) in [5, 5.41) is 3.87. The van der Waals surface area contributed by atoms with Crippen molar-refractivity contribution in [3.05, 3.63) is 40.5 Å². The minimum absolute atomic E-state index is 0.146. The summed E-state index contributed by atoms with van der Waals surface area (Å²) < 4.78 is 19.6. The summed E-state index contributed by atoms with van der Waals surface area (Å²) in [5.74, 6) is -0.494. The lowest BCUT2D eigenvalue weighted by atomic mass is 10.1. The van der Waals surface area contributed by atoms with Gasteiger partial charge < -0.3 is 19.9 Å². The average Bonchev–Trinajstić information content (AvgIpc) is 3.10. The lowest BCUT2D eigenvalue weighted by Crippen LogP contribution is -2.61. The van der Waals surface area contributed by atoms with E-state index < -0.39 is 17.5 Å². The summed E-state index contributed by atoms with van der Waals surface area (Å²) in [6, 6.07) is 0.880. The van der Waals surface area contributed by atoms with Gasteiger partial charge in [-0.25, -0.2) is 19.2 Å². The first-order chi connectivity index (χ1) is 16.4. The van der Waals surface area contributed by atoms with E-state index in [-0.39, 0.29) is 29.6 Å². The quantitative estimate of drug-likeness (QED) is 0.562. The van der Waals surface area contributed by atoms with Crippen LogP contribution < -0.4 is 5.32 Å². The van der Waals surface area contributed by atoms with Gasteiger partial charge >= 0.3 is 6.09 Å². The van der Waals surface area contributed by atoms with E-state index in [1.54, 1.807) is 18.1 Å². The Balaban J connectivity index is 1.52. The Morgan fingerprint density at radius 2 is 1.97 bits per heavy atom. The van der Waals surface area contributed by atoms with E-state index in [1.807, 2.05) is 34.6 Å². The van der Waals surface area contributed by atoms with Gasteiger partial charge in [-0.15, -0.1) is 11.3 Å². The molecule has 4 rings (SSSR count). The first-order valence-corrected chi connectivity index (χ1v) is 12.0. The van der Waals surface area contributed by atoms with Gasteiger partial charge in [0.05, 0.1) is 23.3 Å². The van der Waals surface area contributed by atoms with E-state index in [0.717, 1.165) is 11.2 Å². The zero-order chi connectivity index (χ0) is 25.5. The monoisotopic (exact) mass is 501 g/mol. The van der Waals surface area contributed by atoms with Crippen LogP contribution in [0.2, 0.25) is 0 Å². The number of anilines is 1. The summed E-state index contributed by atoms with van der Waals surface area (Å²) in [6.45, 7) is 9.82. The standard InChI is InChI=1S/C23H28FN7O3S/c1-12(14-7-15(24)9-25-8-14)26-21-28-17(18-19(29-21)27-13(2)35-18)20(32)31-10-16(11-31)30(6)22(33)34-23(3,4)5/h7-9,12,16H,10-11H2,1-6H3,(H,26,28,29). The molecule has 0 spiro atoms. The maximum atomic E-state index is 13.6. The number of rotatable bonds is 5. The minimum atomic E-state index is -0.594. The Morgan fingerprint density at radius 1 is 1.26 bits per heavy atom. The van der Waals surface area contributed by atoms with Crippen molar-refractivity contribution in [1.29, 1.82) is 0 Å². The van der Waals surface area contributed by atoms with Crippen molar-refractivity contribution in [2.24, 2.45) is 0 Å². The number of nitrogens with one attached hydrogen (secondary N) is 1. The third kappa shape index (κ3) is 5.47. The molecule has 3 aromatic heterocycles. The molecule has 35 heavy (non-hydrogen) atoms. The van der Waals surface area contributed by atoms with Crippen LogP contribution in [0.4, 0.5) is 15.1 Å². The van der Waals surface area contributed by atoms with Gasteiger partial charge in [0.1, 0.15) is 16.1 Å². The lowest BCUT2D eigenvalue weighted by molar-refractivity contribution is -0.00214. The molecule has 1 aliphatic rings. The van der Waals surface area contributed by atoms with Gasteiger partial charge in [-0.05, 0) is 46.2 Å².